The number of aromatic nitrogens is 2. The zero-order chi connectivity index (χ0) is 11.2. The van der Waals surface area contributed by atoms with Gasteiger partial charge in [-0.15, -0.1) is 0 Å². The lowest BCUT2D eigenvalue weighted by Crippen LogP contribution is -1.96. The Morgan fingerprint density at radius 2 is 2.00 bits per heavy atom. The van der Waals surface area contributed by atoms with E-state index in [0.29, 0.717) is 21.7 Å². The number of fused-ring (bicyclic) bond motifs is 1. The fraction of sp³-hybridized carbons (Fsp3) is 0.200. The van der Waals surface area contributed by atoms with Crippen molar-refractivity contribution in [3.8, 4) is 0 Å². The molecule has 0 saturated heterocycles. The van der Waals surface area contributed by atoms with Crippen LogP contribution in [0.4, 0.5) is 4.39 Å². The van der Waals surface area contributed by atoms with E-state index in [-0.39, 0.29) is 4.47 Å². The lowest BCUT2D eigenvalue weighted by Gasteiger charge is -2.06. The first-order valence-electron chi connectivity index (χ1n) is 4.29. The molecule has 2 rings (SSSR count). The van der Waals surface area contributed by atoms with Crippen molar-refractivity contribution >= 4 is 38.4 Å². The van der Waals surface area contributed by atoms with Crippen LogP contribution in [-0.4, -0.2) is 9.97 Å². The van der Waals surface area contributed by atoms with E-state index < -0.39 is 5.82 Å². The zero-order valence-electron chi connectivity index (χ0n) is 8.11. The summed E-state index contributed by atoms with van der Waals surface area (Å²) < 4.78 is 14.0. The quantitative estimate of drug-likeness (QED) is 0.689. The van der Waals surface area contributed by atoms with Crippen molar-refractivity contribution in [3.63, 3.8) is 0 Å². The molecule has 0 spiro atoms. The molecule has 5 heteroatoms. The number of nitrogens with zero attached hydrogens (tertiary/aromatic N) is 2. The average Bonchev–Trinajstić information content (AvgIpc) is 2.17. The van der Waals surface area contributed by atoms with Gasteiger partial charge in [-0.3, -0.25) is 0 Å². The monoisotopic (exact) mass is 288 g/mol. The Morgan fingerprint density at radius 3 is 2.67 bits per heavy atom. The first kappa shape index (κ1) is 10.8. The summed E-state index contributed by atoms with van der Waals surface area (Å²) in [5.74, 6) is 0.110. The van der Waals surface area contributed by atoms with Crippen molar-refractivity contribution in [1.82, 2.24) is 9.97 Å². The van der Waals surface area contributed by atoms with Crippen molar-refractivity contribution < 1.29 is 4.39 Å². The van der Waals surface area contributed by atoms with Gasteiger partial charge in [0, 0.05) is 11.1 Å². The Bertz CT molecular complexity index is 557. The largest absolute Gasteiger partial charge is 0.238 e. The van der Waals surface area contributed by atoms with Crippen LogP contribution in [0.15, 0.2) is 10.5 Å². The van der Waals surface area contributed by atoms with E-state index in [1.165, 1.54) is 0 Å². The van der Waals surface area contributed by atoms with Gasteiger partial charge < -0.3 is 0 Å². The van der Waals surface area contributed by atoms with Crippen LogP contribution in [0.2, 0.25) is 5.02 Å². The van der Waals surface area contributed by atoms with Gasteiger partial charge in [-0.25, -0.2) is 14.4 Å². The molecule has 0 radical (unpaired) electrons. The summed E-state index contributed by atoms with van der Waals surface area (Å²) in [6.07, 6.45) is 0. The van der Waals surface area contributed by atoms with Crippen LogP contribution in [0.3, 0.4) is 0 Å². The first-order valence-corrected chi connectivity index (χ1v) is 5.46. The third-order valence-corrected chi connectivity index (χ3v) is 3.43. The summed E-state index contributed by atoms with van der Waals surface area (Å²) in [7, 11) is 0. The topological polar surface area (TPSA) is 25.8 Å². The van der Waals surface area contributed by atoms with Gasteiger partial charge in [0.05, 0.1) is 9.50 Å². The van der Waals surface area contributed by atoms with Crippen molar-refractivity contribution in [2.75, 3.05) is 0 Å². The highest BCUT2D eigenvalue weighted by atomic mass is 79.9. The lowest BCUT2D eigenvalue weighted by molar-refractivity contribution is 0.629. The first-order chi connectivity index (χ1) is 7.00. The number of hydrogen-bond acceptors (Lipinski definition) is 2. The highest BCUT2D eigenvalue weighted by molar-refractivity contribution is 9.10. The number of hydrogen-bond donors (Lipinski definition) is 0. The molecule has 0 bridgehead atoms. The smallest absolute Gasteiger partial charge is 0.165 e. The molecule has 78 valence electrons. The molecule has 2 nitrogen and oxygen atoms in total. The van der Waals surface area contributed by atoms with Crippen LogP contribution in [0.25, 0.3) is 10.9 Å². The maximum atomic E-state index is 13.8. The van der Waals surface area contributed by atoms with E-state index in [0.717, 1.165) is 5.69 Å². The standard InChI is InChI=1S/C10H7BrClFN2/c1-4-6-3-7(12)8(11)9(13)10(6)15-5(2)14-4/h3H,1-2H3. The molecule has 0 fully saturated rings. The van der Waals surface area contributed by atoms with Crippen LogP contribution in [-0.2, 0) is 0 Å². The van der Waals surface area contributed by atoms with E-state index in [2.05, 4.69) is 25.9 Å². The average molecular weight is 290 g/mol. The highest BCUT2D eigenvalue weighted by Crippen LogP contribution is 2.32. The van der Waals surface area contributed by atoms with Gasteiger partial charge in [0.25, 0.3) is 0 Å². The molecule has 1 heterocycles. The Hall–Kier alpha value is -0.740. The maximum absolute atomic E-state index is 13.8. The fourth-order valence-corrected chi connectivity index (χ4v) is 1.95. The molecular formula is C10H7BrClFN2. The molecule has 0 aliphatic rings. The Morgan fingerprint density at radius 1 is 1.33 bits per heavy atom. The molecule has 0 aliphatic heterocycles. The minimum absolute atomic E-state index is 0.245. The van der Waals surface area contributed by atoms with Crippen molar-refractivity contribution in [3.05, 3.63) is 32.9 Å². The van der Waals surface area contributed by atoms with E-state index in [1.807, 2.05) is 0 Å². The Labute approximate surface area is 99.6 Å². The number of benzene rings is 1. The van der Waals surface area contributed by atoms with E-state index in [1.54, 1.807) is 19.9 Å². The minimum Gasteiger partial charge on any atom is -0.238 e. The van der Waals surface area contributed by atoms with Gasteiger partial charge in [-0.2, -0.15) is 0 Å². The molecule has 0 amide bonds. The third-order valence-electron chi connectivity index (χ3n) is 2.13. The van der Waals surface area contributed by atoms with Gasteiger partial charge in [-0.05, 0) is 35.8 Å². The second kappa shape index (κ2) is 3.68. The molecular weight excluding hydrogens is 282 g/mol. The van der Waals surface area contributed by atoms with Crippen molar-refractivity contribution in [2.45, 2.75) is 13.8 Å². The maximum Gasteiger partial charge on any atom is 0.165 e. The summed E-state index contributed by atoms with van der Waals surface area (Å²) in [5, 5.41) is 0.974. The van der Waals surface area contributed by atoms with Crippen LogP contribution >= 0.6 is 27.5 Å². The summed E-state index contributed by atoms with van der Waals surface area (Å²) in [6.45, 7) is 3.54. The predicted molar refractivity (Wildman–Crippen MR) is 61.7 cm³/mol. The zero-order valence-corrected chi connectivity index (χ0v) is 10.4. The van der Waals surface area contributed by atoms with Crippen molar-refractivity contribution in [1.29, 1.82) is 0 Å². The number of aryl methyl sites for hydroxylation is 2. The van der Waals surface area contributed by atoms with Crippen LogP contribution < -0.4 is 0 Å². The van der Waals surface area contributed by atoms with E-state index in [4.69, 9.17) is 11.6 Å². The van der Waals surface area contributed by atoms with Gasteiger partial charge in [0.15, 0.2) is 5.82 Å². The molecule has 15 heavy (non-hydrogen) atoms. The molecule has 0 unspecified atom stereocenters. The predicted octanol–water partition coefficient (Wildman–Crippen LogP) is 3.80. The minimum atomic E-state index is -0.439. The summed E-state index contributed by atoms with van der Waals surface area (Å²) in [6, 6.07) is 1.67. The van der Waals surface area contributed by atoms with Crippen LogP contribution in [0.1, 0.15) is 11.5 Å². The molecule has 2 aromatic rings. The molecule has 0 saturated carbocycles. The third kappa shape index (κ3) is 1.72. The number of halogens is 3. The summed E-state index contributed by atoms with van der Waals surface area (Å²) >= 11 is 8.94. The molecule has 0 atom stereocenters. The lowest BCUT2D eigenvalue weighted by atomic mass is 10.2. The second-order valence-corrected chi connectivity index (χ2v) is 4.44. The van der Waals surface area contributed by atoms with Gasteiger partial charge >= 0.3 is 0 Å². The molecule has 1 aromatic heterocycles. The summed E-state index contributed by atoms with van der Waals surface area (Å²) in [5.41, 5.74) is 1.03. The van der Waals surface area contributed by atoms with Crippen LogP contribution in [0, 0.1) is 19.7 Å². The highest BCUT2D eigenvalue weighted by Gasteiger charge is 2.13. The molecule has 0 aliphatic carbocycles. The van der Waals surface area contributed by atoms with Crippen molar-refractivity contribution in [2.24, 2.45) is 0 Å². The Balaban J connectivity index is 2.98. The molecule has 0 N–H and O–H groups in total. The van der Waals surface area contributed by atoms with E-state index in [9.17, 15) is 4.39 Å². The van der Waals surface area contributed by atoms with E-state index >= 15 is 0 Å². The summed E-state index contributed by atoms with van der Waals surface area (Å²) in [4.78, 5) is 8.23. The van der Waals surface area contributed by atoms with Gasteiger partial charge in [0.1, 0.15) is 11.3 Å². The SMILES string of the molecule is Cc1nc(C)c2cc(Cl)c(Br)c(F)c2n1. The van der Waals surface area contributed by atoms with Gasteiger partial charge in [0.2, 0.25) is 0 Å². The normalized spacial score (nSPS) is 11.0. The van der Waals surface area contributed by atoms with Crippen LogP contribution in [0.5, 0.6) is 0 Å². The number of rotatable bonds is 0. The van der Waals surface area contributed by atoms with Gasteiger partial charge in [-0.1, -0.05) is 11.6 Å². The Kier molecular flexibility index (Phi) is 2.64. The fourth-order valence-electron chi connectivity index (χ4n) is 1.46. The second-order valence-electron chi connectivity index (χ2n) is 3.24. The molecule has 1 aromatic carbocycles.